The highest BCUT2D eigenvalue weighted by Gasteiger charge is 2.60. The van der Waals surface area contributed by atoms with Crippen molar-refractivity contribution in [3.8, 4) is 0 Å². The maximum atomic E-state index is 14.2. The molecule has 10 nitrogen and oxygen atoms in total. The van der Waals surface area contributed by atoms with Crippen LogP contribution in [-0.2, 0) is 4.74 Å². The van der Waals surface area contributed by atoms with Crippen LogP contribution in [0.2, 0.25) is 0 Å². The summed E-state index contributed by atoms with van der Waals surface area (Å²) in [6, 6.07) is 1.41. The number of hydrogen-bond acceptors (Lipinski definition) is 8. The normalized spacial score (nSPS) is 31.7. The van der Waals surface area contributed by atoms with Gasteiger partial charge in [0.2, 0.25) is 4.91 Å². The van der Waals surface area contributed by atoms with Crippen LogP contribution in [0.5, 0.6) is 0 Å². The Morgan fingerprint density at radius 1 is 1.76 bits per heavy atom. The maximum Gasteiger partial charge on any atom is 0.351 e. The van der Waals surface area contributed by atoms with Gasteiger partial charge in [0.25, 0.3) is 5.72 Å². The molecular formula is C10H14FN6O4+. The number of aliphatic hydroxyl groups is 2. The lowest BCUT2D eigenvalue weighted by atomic mass is 10.1. The van der Waals surface area contributed by atoms with Crippen molar-refractivity contribution in [1.29, 1.82) is 5.53 Å². The van der Waals surface area contributed by atoms with E-state index in [9.17, 15) is 19.4 Å². The molecule has 114 valence electrons. The second-order valence-corrected chi connectivity index (χ2v) is 4.35. The molecule has 2 heterocycles. The fraction of sp³-hybridized carbons (Fsp3) is 0.600. The molecule has 0 radical (unpaired) electrons. The van der Waals surface area contributed by atoms with Crippen LogP contribution in [0.15, 0.2) is 22.2 Å². The molecule has 0 unspecified atom stereocenters. The number of aromatic nitrogens is 2. The lowest BCUT2D eigenvalue weighted by Gasteiger charge is -2.18. The Labute approximate surface area is 117 Å². The summed E-state index contributed by atoms with van der Waals surface area (Å²) in [6.07, 6.45) is -4.24. The van der Waals surface area contributed by atoms with Gasteiger partial charge >= 0.3 is 5.69 Å². The summed E-state index contributed by atoms with van der Waals surface area (Å²) >= 11 is 0. The molecule has 0 amide bonds. The van der Waals surface area contributed by atoms with Crippen LogP contribution >= 0.6 is 0 Å². The average Bonchev–Trinajstić information content (AvgIpc) is 2.73. The van der Waals surface area contributed by atoms with E-state index in [1.54, 1.807) is 7.05 Å². The van der Waals surface area contributed by atoms with Crippen LogP contribution in [0.4, 0.5) is 10.2 Å². The van der Waals surface area contributed by atoms with Crippen molar-refractivity contribution in [2.24, 2.45) is 5.11 Å². The number of aliphatic hydroxyl groups excluding tert-OH is 2. The number of halogens is 1. The molecule has 0 aliphatic carbocycles. The van der Waals surface area contributed by atoms with Gasteiger partial charge in [-0.05, 0) is 6.07 Å². The third-order valence-electron chi connectivity index (χ3n) is 3.17. The largest absolute Gasteiger partial charge is 0.391 e. The van der Waals surface area contributed by atoms with Crippen LogP contribution in [0, 0.1) is 5.53 Å². The van der Waals surface area contributed by atoms with Gasteiger partial charge in [-0.15, -0.1) is 0 Å². The Morgan fingerprint density at radius 2 is 2.48 bits per heavy atom. The molecule has 4 N–H and O–H groups in total. The van der Waals surface area contributed by atoms with Crippen molar-refractivity contribution >= 4 is 5.82 Å². The molecule has 1 fully saturated rings. The van der Waals surface area contributed by atoms with E-state index in [1.807, 2.05) is 0 Å². The molecule has 21 heavy (non-hydrogen) atoms. The zero-order valence-corrected chi connectivity index (χ0v) is 11.0. The Hall–Kier alpha value is -2.20. The molecule has 11 heteroatoms. The highest BCUT2D eigenvalue weighted by Crippen LogP contribution is 2.38. The van der Waals surface area contributed by atoms with Crippen molar-refractivity contribution in [3.05, 3.63) is 22.7 Å². The predicted octanol–water partition coefficient (Wildman–Crippen LogP) is -1.25. The van der Waals surface area contributed by atoms with Gasteiger partial charge in [-0.2, -0.15) is 4.98 Å². The number of alkyl halides is 1. The zero-order chi connectivity index (χ0) is 15.6. The van der Waals surface area contributed by atoms with Gasteiger partial charge in [0, 0.05) is 13.2 Å². The molecular weight excluding hydrogens is 287 g/mol. The zero-order valence-electron chi connectivity index (χ0n) is 11.0. The minimum Gasteiger partial charge on any atom is -0.391 e. The quantitative estimate of drug-likeness (QED) is 0.403. The minimum atomic E-state index is -2.12. The average molecular weight is 301 g/mol. The molecule has 0 saturated carbocycles. The SMILES string of the molecule is CNc1ccn([C@@H]2O[C@@](CO)(N=[N+]=N)[C@@H](O)[C@@H]2F)c(=O)n1. The molecule has 4 atom stereocenters. The summed E-state index contributed by atoms with van der Waals surface area (Å²) in [4.78, 5) is 18.1. The predicted molar refractivity (Wildman–Crippen MR) is 66.2 cm³/mol. The summed E-state index contributed by atoms with van der Waals surface area (Å²) in [7, 11) is 1.56. The molecule has 0 spiro atoms. The summed E-state index contributed by atoms with van der Waals surface area (Å²) < 4.78 is 20.2. The second-order valence-electron chi connectivity index (χ2n) is 4.35. The number of nitrogens with one attached hydrogen (secondary N) is 2. The third kappa shape index (κ3) is 2.43. The van der Waals surface area contributed by atoms with E-state index in [0.29, 0.717) is 0 Å². The maximum absolute atomic E-state index is 14.2. The van der Waals surface area contributed by atoms with Crippen LogP contribution in [0.25, 0.3) is 0 Å². The number of hydrogen-bond donors (Lipinski definition) is 4. The van der Waals surface area contributed by atoms with E-state index < -0.39 is 36.5 Å². The van der Waals surface area contributed by atoms with Crippen LogP contribution in [-0.4, -0.2) is 51.4 Å². The molecule has 1 aromatic rings. The molecule has 1 saturated heterocycles. The van der Waals surface area contributed by atoms with E-state index >= 15 is 0 Å². The Bertz CT molecular complexity index is 632. The lowest BCUT2D eigenvalue weighted by molar-refractivity contribution is -0.128. The standard InChI is InChI=1S/C10H13FN6O4/c1-13-5-2-3-17(9(20)14-5)8-6(11)7(19)10(4-18,21-8)15-16-12/h2-3,6-8,12,18-19H,4H2,1H3/p+1/t6-,7-,8+,10+/m0/s1. The van der Waals surface area contributed by atoms with E-state index in [4.69, 9.17) is 10.3 Å². The summed E-state index contributed by atoms with van der Waals surface area (Å²) in [5, 5.41) is 24.9. The van der Waals surface area contributed by atoms with Crippen LogP contribution in [0.1, 0.15) is 6.23 Å². The van der Waals surface area contributed by atoms with Crippen LogP contribution in [0.3, 0.4) is 0 Å². The topological polar surface area (TPSA) is 147 Å². The third-order valence-corrected chi connectivity index (χ3v) is 3.17. The number of nitrogens with zero attached hydrogens (tertiary/aromatic N) is 4. The molecule has 0 bridgehead atoms. The van der Waals surface area contributed by atoms with Gasteiger partial charge in [-0.25, -0.2) is 9.18 Å². The van der Waals surface area contributed by atoms with Gasteiger partial charge in [-0.1, -0.05) is 0 Å². The first-order chi connectivity index (χ1) is 9.99. The van der Waals surface area contributed by atoms with Crippen molar-refractivity contribution in [1.82, 2.24) is 14.5 Å². The van der Waals surface area contributed by atoms with E-state index in [0.717, 1.165) is 4.57 Å². The minimum absolute atomic E-state index is 0.282. The van der Waals surface area contributed by atoms with E-state index in [-0.39, 0.29) is 5.82 Å². The lowest BCUT2D eigenvalue weighted by Crippen LogP contribution is -2.43. The first-order valence-electron chi connectivity index (χ1n) is 5.95. The van der Waals surface area contributed by atoms with Crippen molar-refractivity contribution in [3.63, 3.8) is 0 Å². The first kappa shape index (κ1) is 15.2. The second kappa shape index (κ2) is 5.66. The smallest absolute Gasteiger partial charge is 0.351 e. The monoisotopic (exact) mass is 301 g/mol. The molecule has 0 aromatic carbocycles. The first-order valence-corrected chi connectivity index (χ1v) is 5.95. The summed E-state index contributed by atoms with van der Waals surface area (Å²) in [5.74, 6) is 0.282. The van der Waals surface area contributed by atoms with Gasteiger partial charge in [0.1, 0.15) is 24.1 Å². The van der Waals surface area contributed by atoms with Crippen molar-refractivity contribution in [2.45, 2.75) is 24.2 Å². The fourth-order valence-electron chi connectivity index (χ4n) is 2.03. The fourth-order valence-corrected chi connectivity index (χ4v) is 2.03. The molecule has 2 rings (SSSR count). The van der Waals surface area contributed by atoms with Gasteiger partial charge in [0.15, 0.2) is 17.5 Å². The van der Waals surface area contributed by atoms with Crippen molar-refractivity contribution < 1.29 is 19.3 Å². The summed E-state index contributed by atoms with van der Waals surface area (Å²) in [5.41, 5.74) is 3.74. The van der Waals surface area contributed by atoms with Crippen LogP contribution < -0.4 is 15.9 Å². The van der Waals surface area contributed by atoms with Gasteiger partial charge < -0.3 is 20.3 Å². The Morgan fingerprint density at radius 3 is 3.00 bits per heavy atom. The molecule has 1 aliphatic rings. The van der Waals surface area contributed by atoms with Gasteiger partial charge in [-0.3, -0.25) is 4.57 Å². The van der Waals surface area contributed by atoms with E-state index in [1.165, 1.54) is 12.3 Å². The Balaban J connectivity index is 2.42. The summed E-state index contributed by atoms with van der Waals surface area (Å²) in [6.45, 7) is -0.899. The Kier molecular flexibility index (Phi) is 4.09. The number of rotatable bonds is 4. The van der Waals surface area contributed by atoms with E-state index in [2.05, 4.69) is 20.3 Å². The molecule has 1 aromatic heterocycles. The van der Waals surface area contributed by atoms with Crippen molar-refractivity contribution in [2.75, 3.05) is 19.0 Å². The number of anilines is 1. The highest BCUT2D eigenvalue weighted by molar-refractivity contribution is 5.30. The van der Waals surface area contributed by atoms with Gasteiger partial charge in [0.05, 0.1) is 0 Å². The molecule has 1 aliphatic heterocycles. The number of ether oxygens (including phenoxy) is 1. The highest BCUT2D eigenvalue weighted by atomic mass is 19.1.